The van der Waals surface area contributed by atoms with Crippen molar-refractivity contribution in [1.29, 1.82) is 0 Å². The van der Waals surface area contributed by atoms with Gasteiger partial charge in [0.05, 0.1) is 16.6 Å². The summed E-state index contributed by atoms with van der Waals surface area (Å²) in [5.74, 6) is 1.07. The number of hydrogen-bond acceptors (Lipinski definition) is 2. The van der Waals surface area contributed by atoms with Crippen LogP contribution in [0.25, 0.3) is 27.6 Å². The lowest BCUT2D eigenvalue weighted by atomic mass is 9.77. The molecular weight excluding hydrogens is 366 g/mol. The van der Waals surface area contributed by atoms with Crippen molar-refractivity contribution < 1.29 is 0 Å². The van der Waals surface area contributed by atoms with Gasteiger partial charge in [0.15, 0.2) is 0 Å². The van der Waals surface area contributed by atoms with E-state index in [0.717, 1.165) is 27.9 Å². The van der Waals surface area contributed by atoms with Crippen molar-refractivity contribution in [3.05, 3.63) is 53.3 Å². The molecule has 0 N–H and O–H groups in total. The normalized spacial score (nSPS) is 21.0. The zero-order valence-electron chi connectivity index (χ0n) is 19.4. The molecule has 1 atom stereocenters. The van der Waals surface area contributed by atoms with Crippen LogP contribution < -0.4 is 0 Å². The molecule has 4 aromatic rings. The summed E-state index contributed by atoms with van der Waals surface area (Å²) in [4.78, 5) is 10.3. The Labute approximate surface area is 179 Å². The molecule has 30 heavy (non-hydrogen) atoms. The SMILES string of the molecule is CCCC1(C)CC(C)(C)c2cc3c(cc21)nc1c2ccccc2nc(C(C)(C)C)n31. The van der Waals surface area contributed by atoms with Gasteiger partial charge in [-0.15, -0.1) is 0 Å². The second-order valence-corrected chi connectivity index (χ2v) is 11.2. The first kappa shape index (κ1) is 19.5. The van der Waals surface area contributed by atoms with Gasteiger partial charge in [-0.05, 0) is 59.1 Å². The van der Waals surface area contributed by atoms with E-state index in [-0.39, 0.29) is 16.2 Å². The number of rotatable bonds is 2. The van der Waals surface area contributed by atoms with E-state index in [2.05, 4.69) is 89.3 Å². The van der Waals surface area contributed by atoms with E-state index in [1.807, 2.05) is 0 Å². The molecule has 0 amide bonds. The van der Waals surface area contributed by atoms with Crippen molar-refractivity contribution in [3.8, 4) is 0 Å². The van der Waals surface area contributed by atoms with Gasteiger partial charge in [-0.25, -0.2) is 9.97 Å². The second-order valence-electron chi connectivity index (χ2n) is 11.2. The van der Waals surface area contributed by atoms with E-state index in [4.69, 9.17) is 9.97 Å². The third-order valence-corrected chi connectivity index (χ3v) is 7.06. The van der Waals surface area contributed by atoms with E-state index in [9.17, 15) is 0 Å². The monoisotopic (exact) mass is 399 g/mol. The topological polar surface area (TPSA) is 30.2 Å². The van der Waals surface area contributed by atoms with Gasteiger partial charge in [0, 0.05) is 10.8 Å². The molecule has 156 valence electrons. The van der Waals surface area contributed by atoms with Gasteiger partial charge in [-0.1, -0.05) is 67.0 Å². The van der Waals surface area contributed by atoms with Crippen LogP contribution in [0.1, 0.15) is 84.7 Å². The summed E-state index contributed by atoms with van der Waals surface area (Å²) in [5.41, 5.74) is 7.64. The van der Waals surface area contributed by atoms with Crippen molar-refractivity contribution in [1.82, 2.24) is 14.4 Å². The van der Waals surface area contributed by atoms with Gasteiger partial charge in [-0.3, -0.25) is 4.40 Å². The summed E-state index contributed by atoms with van der Waals surface area (Å²) in [5, 5.41) is 1.12. The Morgan fingerprint density at radius 2 is 1.70 bits per heavy atom. The molecule has 0 saturated heterocycles. The number of nitrogens with zero attached hydrogens (tertiary/aromatic N) is 3. The molecule has 3 heteroatoms. The molecule has 0 spiro atoms. The van der Waals surface area contributed by atoms with Crippen LogP contribution in [0.4, 0.5) is 0 Å². The number of para-hydroxylation sites is 1. The Kier molecular flexibility index (Phi) is 3.95. The average Bonchev–Trinajstić information content (AvgIpc) is 3.12. The number of fused-ring (bicyclic) bond motifs is 6. The van der Waals surface area contributed by atoms with E-state index in [0.29, 0.717) is 0 Å². The lowest BCUT2D eigenvalue weighted by Crippen LogP contribution is -2.21. The standard InChI is InChI=1S/C27H33N3/c1-8-13-27(7)16-26(5,6)18-15-22-21(14-19(18)27)28-23-17-11-9-10-12-20(17)29-24(30(22)23)25(2,3)4/h9-12,14-15H,8,13,16H2,1-7H3. The van der Waals surface area contributed by atoms with Crippen molar-refractivity contribution in [2.75, 3.05) is 0 Å². The summed E-state index contributed by atoms with van der Waals surface area (Å²) in [6, 6.07) is 13.2. The molecule has 1 unspecified atom stereocenters. The lowest BCUT2D eigenvalue weighted by Gasteiger charge is -2.27. The molecule has 0 bridgehead atoms. The maximum absolute atomic E-state index is 5.19. The highest BCUT2D eigenvalue weighted by Gasteiger charge is 2.44. The first-order valence-electron chi connectivity index (χ1n) is 11.3. The highest BCUT2D eigenvalue weighted by molar-refractivity contribution is 5.97. The van der Waals surface area contributed by atoms with Crippen molar-refractivity contribution in [2.45, 2.75) is 84.0 Å². The van der Waals surface area contributed by atoms with Crippen LogP contribution in [0.15, 0.2) is 36.4 Å². The van der Waals surface area contributed by atoms with E-state index in [1.165, 1.54) is 35.9 Å². The zero-order chi connectivity index (χ0) is 21.5. The van der Waals surface area contributed by atoms with Gasteiger partial charge in [-0.2, -0.15) is 0 Å². The van der Waals surface area contributed by atoms with Gasteiger partial charge < -0.3 is 0 Å². The van der Waals surface area contributed by atoms with Crippen LogP contribution in [0.5, 0.6) is 0 Å². The third kappa shape index (κ3) is 2.64. The molecule has 1 aliphatic rings. The van der Waals surface area contributed by atoms with E-state index in [1.54, 1.807) is 0 Å². The van der Waals surface area contributed by atoms with Crippen LogP contribution in [-0.2, 0) is 16.2 Å². The zero-order valence-corrected chi connectivity index (χ0v) is 19.4. The smallest absolute Gasteiger partial charge is 0.148 e. The van der Waals surface area contributed by atoms with Gasteiger partial charge >= 0.3 is 0 Å². The predicted molar refractivity (Wildman–Crippen MR) is 127 cm³/mol. The molecular formula is C27H33N3. The Morgan fingerprint density at radius 1 is 0.967 bits per heavy atom. The minimum atomic E-state index is -0.0822. The molecule has 0 saturated carbocycles. The fourth-order valence-electron chi connectivity index (χ4n) is 5.95. The average molecular weight is 400 g/mol. The molecule has 2 aromatic carbocycles. The minimum absolute atomic E-state index is 0.0822. The van der Waals surface area contributed by atoms with Crippen molar-refractivity contribution in [2.24, 2.45) is 0 Å². The molecule has 3 nitrogen and oxygen atoms in total. The fraction of sp³-hybridized carbons (Fsp3) is 0.481. The molecule has 0 fully saturated rings. The minimum Gasteiger partial charge on any atom is -0.279 e. The molecule has 0 radical (unpaired) electrons. The summed E-state index contributed by atoms with van der Waals surface area (Å²) in [6.07, 6.45) is 3.63. The molecule has 2 heterocycles. The number of imidazole rings is 1. The number of hydrogen-bond donors (Lipinski definition) is 0. The first-order chi connectivity index (χ1) is 14.0. The first-order valence-corrected chi connectivity index (χ1v) is 11.3. The largest absolute Gasteiger partial charge is 0.279 e. The molecule has 0 aliphatic heterocycles. The number of aromatic nitrogens is 3. The quantitative estimate of drug-likeness (QED) is 0.361. The lowest BCUT2D eigenvalue weighted by molar-refractivity contribution is 0.352. The van der Waals surface area contributed by atoms with Gasteiger partial charge in [0.25, 0.3) is 0 Å². The molecule has 5 rings (SSSR count). The van der Waals surface area contributed by atoms with Crippen LogP contribution in [0.3, 0.4) is 0 Å². The molecule has 2 aromatic heterocycles. The highest BCUT2D eigenvalue weighted by Crippen LogP contribution is 2.52. The van der Waals surface area contributed by atoms with Crippen LogP contribution in [0.2, 0.25) is 0 Å². The summed E-state index contributed by atoms with van der Waals surface area (Å²) >= 11 is 0. The predicted octanol–water partition coefficient (Wildman–Crippen LogP) is 7.07. The second kappa shape index (κ2) is 6.06. The van der Waals surface area contributed by atoms with Crippen molar-refractivity contribution in [3.63, 3.8) is 0 Å². The Balaban J connectivity index is 1.94. The Bertz CT molecular complexity index is 1300. The number of benzene rings is 2. The van der Waals surface area contributed by atoms with E-state index >= 15 is 0 Å². The van der Waals surface area contributed by atoms with Gasteiger partial charge in [0.1, 0.15) is 11.5 Å². The Morgan fingerprint density at radius 3 is 2.40 bits per heavy atom. The summed E-state index contributed by atoms with van der Waals surface area (Å²) < 4.78 is 2.32. The van der Waals surface area contributed by atoms with Crippen LogP contribution in [-0.4, -0.2) is 14.4 Å². The molecule has 1 aliphatic carbocycles. The van der Waals surface area contributed by atoms with Crippen LogP contribution in [0, 0.1) is 0 Å². The van der Waals surface area contributed by atoms with Crippen molar-refractivity contribution >= 4 is 27.6 Å². The third-order valence-electron chi connectivity index (χ3n) is 7.06. The fourth-order valence-corrected chi connectivity index (χ4v) is 5.95. The maximum atomic E-state index is 5.19. The Hall–Kier alpha value is -2.42. The van der Waals surface area contributed by atoms with E-state index < -0.39 is 0 Å². The van der Waals surface area contributed by atoms with Gasteiger partial charge in [0.2, 0.25) is 0 Å². The maximum Gasteiger partial charge on any atom is 0.148 e. The summed E-state index contributed by atoms with van der Waals surface area (Å²) in [7, 11) is 0. The summed E-state index contributed by atoms with van der Waals surface area (Å²) in [6.45, 7) is 16.3. The van der Waals surface area contributed by atoms with Crippen LogP contribution >= 0.6 is 0 Å². The highest BCUT2D eigenvalue weighted by atomic mass is 15.1.